The molecule has 1 fully saturated rings. The van der Waals surface area contributed by atoms with Gasteiger partial charge in [-0.2, -0.15) is 4.98 Å². The largest absolute Gasteiger partial charge is 0.390 e. The van der Waals surface area contributed by atoms with Crippen molar-refractivity contribution in [2.75, 3.05) is 23.7 Å². The van der Waals surface area contributed by atoms with Gasteiger partial charge >= 0.3 is 0 Å². The smallest absolute Gasteiger partial charge is 0.227 e. The molecule has 0 bridgehead atoms. The molecule has 0 amide bonds. The Morgan fingerprint density at radius 2 is 1.94 bits per heavy atom. The molecule has 1 aliphatic heterocycles. The Bertz CT molecular complexity index is 462. The Hall–Kier alpha value is -1.36. The molecule has 5 nitrogen and oxygen atoms in total. The van der Waals surface area contributed by atoms with E-state index in [1.165, 1.54) is 0 Å². The molecular weight excluding hydrogens is 228 g/mol. The van der Waals surface area contributed by atoms with Crippen LogP contribution in [0.1, 0.15) is 37.4 Å². The van der Waals surface area contributed by atoms with Crippen LogP contribution in [-0.4, -0.2) is 33.8 Å². The lowest BCUT2D eigenvalue weighted by Crippen LogP contribution is -2.43. The van der Waals surface area contributed by atoms with Gasteiger partial charge in [-0.25, -0.2) is 4.98 Å². The van der Waals surface area contributed by atoms with Gasteiger partial charge in [-0.3, -0.25) is 0 Å². The summed E-state index contributed by atoms with van der Waals surface area (Å²) in [4.78, 5) is 11.2. The zero-order chi connectivity index (χ0) is 12.8. The van der Waals surface area contributed by atoms with E-state index in [0.29, 0.717) is 5.82 Å². The van der Waals surface area contributed by atoms with Crippen LogP contribution < -0.4 is 10.6 Å². The third-order valence-electron chi connectivity index (χ3n) is 4.08. The van der Waals surface area contributed by atoms with Gasteiger partial charge in [0.2, 0.25) is 5.95 Å². The predicted molar refractivity (Wildman–Crippen MR) is 70.5 cm³/mol. The molecule has 2 aliphatic rings. The first-order valence-electron chi connectivity index (χ1n) is 6.68. The molecule has 18 heavy (non-hydrogen) atoms. The fourth-order valence-corrected chi connectivity index (χ4v) is 2.78. The van der Waals surface area contributed by atoms with Gasteiger partial charge in [0, 0.05) is 18.7 Å². The highest BCUT2D eigenvalue weighted by Gasteiger charge is 2.29. The van der Waals surface area contributed by atoms with E-state index in [0.717, 1.165) is 62.4 Å². The Kier molecular flexibility index (Phi) is 2.66. The minimum absolute atomic E-state index is 0.543. The van der Waals surface area contributed by atoms with Gasteiger partial charge in [0.25, 0.3) is 0 Å². The second kappa shape index (κ2) is 4.09. The van der Waals surface area contributed by atoms with Gasteiger partial charge in [-0.05, 0) is 39.0 Å². The predicted octanol–water partition coefficient (Wildman–Crippen LogP) is 0.899. The third kappa shape index (κ3) is 2.03. The van der Waals surface area contributed by atoms with Crippen molar-refractivity contribution in [1.29, 1.82) is 0 Å². The number of nitrogens with zero attached hydrogens (tertiary/aromatic N) is 3. The first kappa shape index (κ1) is 11.7. The summed E-state index contributed by atoms with van der Waals surface area (Å²) in [5.74, 6) is 1.38. The van der Waals surface area contributed by atoms with Crippen LogP contribution in [0.3, 0.4) is 0 Å². The molecule has 3 rings (SSSR count). The summed E-state index contributed by atoms with van der Waals surface area (Å²) >= 11 is 0. The van der Waals surface area contributed by atoms with Crippen LogP contribution in [0.4, 0.5) is 11.8 Å². The van der Waals surface area contributed by atoms with Crippen molar-refractivity contribution in [3.05, 3.63) is 11.3 Å². The molecule has 0 aromatic carbocycles. The summed E-state index contributed by atoms with van der Waals surface area (Å²) in [6.07, 6.45) is 4.67. The fourth-order valence-electron chi connectivity index (χ4n) is 2.78. The molecule has 0 saturated carbocycles. The number of piperidine rings is 1. The first-order valence-corrected chi connectivity index (χ1v) is 6.68. The van der Waals surface area contributed by atoms with Crippen LogP contribution in [0, 0.1) is 0 Å². The van der Waals surface area contributed by atoms with E-state index in [2.05, 4.69) is 14.9 Å². The van der Waals surface area contributed by atoms with Crippen molar-refractivity contribution in [2.45, 2.75) is 44.6 Å². The van der Waals surface area contributed by atoms with Crippen molar-refractivity contribution in [1.82, 2.24) is 9.97 Å². The quantitative estimate of drug-likeness (QED) is 0.772. The van der Waals surface area contributed by atoms with Gasteiger partial charge in [-0.15, -0.1) is 0 Å². The van der Waals surface area contributed by atoms with Crippen molar-refractivity contribution in [3.63, 3.8) is 0 Å². The second-order valence-electron chi connectivity index (χ2n) is 5.67. The SMILES string of the molecule is CC1(O)CCN(c2nc(N)c3c(n2)CCC3)CC1. The highest BCUT2D eigenvalue weighted by Crippen LogP contribution is 2.29. The van der Waals surface area contributed by atoms with E-state index in [4.69, 9.17) is 5.73 Å². The summed E-state index contributed by atoms with van der Waals surface area (Å²) in [7, 11) is 0. The Morgan fingerprint density at radius 1 is 1.22 bits per heavy atom. The number of anilines is 2. The van der Waals surface area contributed by atoms with E-state index in [9.17, 15) is 5.11 Å². The minimum atomic E-state index is -0.543. The molecule has 98 valence electrons. The lowest BCUT2D eigenvalue weighted by atomic mass is 9.94. The Labute approximate surface area is 107 Å². The minimum Gasteiger partial charge on any atom is -0.390 e. The third-order valence-corrected chi connectivity index (χ3v) is 4.08. The van der Waals surface area contributed by atoms with Gasteiger partial charge in [0.05, 0.1) is 11.3 Å². The summed E-state index contributed by atoms with van der Waals surface area (Å²) in [6, 6.07) is 0. The number of aliphatic hydroxyl groups is 1. The molecule has 0 radical (unpaired) electrons. The normalized spacial score (nSPS) is 22.0. The molecule has 1 aromatic rings. The molecule has 5 heteroatoms. The van der Waals surface area contributed by atoms with E-state index in [1.807, 2.05) is 6.92 Å². The average Bonchev–Trinajstić information content (AvgIpc) is 2.77. The summed E-state index contributed by atoms with van der Waals surface area (Å²) in [5, 5.41) is 9.96. The molecule has 0 unspecified atom stereocenters. The topological polar surface area (TPSA) is 75.3 Å². The number of fused-ring (bicyclic) bond motifs is 1. The van der Waals surface area contributed by atoms with Gasteiger partial charge in [-0.1, -0.05) is 0 Å². The number of aromatic nitrogens is 2. The fraction of sp³-hybridized carbons (Fsp3) is 0.692. The zero-order valence-corrected chi connectivity index (χ0v) is 10.8. The molecule has 1 saturated heterocycles. The van der Waals surface area contributed by atoms with E-state index >= 15 is 0 Å². The number of nitrogen functional groups attached to an aromatic ring is 1. The van der Waals surface area contributed by atoms with Crippen molar-refractivity contribution >= 4 is 11.8 Å². The highest BCUT2D eigenvalue weighted by molar-refractivity contribution is 5.50. The Morgan fingerprint density at radius 3 is 2.67 bits per heavy atom. The summed E-state index contributed by atoms with van der Waals surface area (Å²) in [5.41, 5.74) is 7.72. The molecule has 1 aliphatic carbocycles. The molecule has 1 aromatic heterocycles. The van der Waals surface area contributed by atoms with Crippen LogP contribution >= 0.6 is 0 Å². The second-order valence-corrected chi connectivity index (χ2v) is 5.67. The summed E-state index contributed by atoms with van der Waals surface area (Å²) in [6.45, 7) is 3.48. The highest BCUT2D eigenvalue weighted by atomic mass is 16.3. The number of hydrogen-bond donors (Lipinski definition) is 2. The van der Waals surface area contributed by atoms with E-state index in [-0.39, 0.29) is 0 Å². The number of rotatable bonds is 1. The van der Waals surface area contributed by atoms with Crippen LogP contribution in [0.15, 0.2) is 0 Å². The monoisotopic (exact) mass is 248 g/mol. The number of nitrogens with two attached hydrogens (primary N) is 1. The molecule has 0 atom stereocenters. The first-order chi connectivity index (χ1) is 8.55. The van der Waals surface area contributed by atoms with Gasteiger partial charge in [0.15, 0.2) is 0 Å². The Balaban J connectivity index is 1.83. The molecule has 0 spiro atoms. The molecule has 3 N–H and O–H groups in total. The van der Waals surface area contributed by atoms with E-state index in [1.54, 1.807) is 0 Å². The summed E-state index contributed by atoms with van der Waals surface area (Å²) < 4.78 is 0. The van der Waals surface area contributed by atoms with Crippen LogP contribution in [0.25, 0.3) is 0 Å². The lowest BCUT2D eigenvalue weighted by Gasteiger charge is -2.35. The van der Waals surface area contributed by atoms with Gasteiger partial charge < -0.3 is 15.7 Å². The van der Waals surface area contributed by atoms with Gasteiger partial charge in [0.1, 0.15) is 5.82 Å². The number of hydrogen-bond acceptors (Lipinski definition) is 5. The standard InChI is InChI=1S/C13H20N4O/c1-13(18)5-7-17(8-6-13)12-15-10-4-2-3-9(10)11(14)16-12/h18H,2-8H2,1H3,(H2,14,15,16). The maximum absolute atomic E-state index is 9.96. The van der Waals surface area contributed by atoms with Crippen LogP contribution in [0.2, 0.25) is 0 Å². The van der Waals surface area contributed by atoms with Crippen molar-refractivity contribution in [3.8, 4) is 0 Å². The van der Waals surface area contributed by atoms with Crippen LogP contribution in [-0.2, 0) is 12.8 Å². The van der Waals surface area contributed by atoms with E-state index < -0.39 is 5.60 Å². The average molecular weight is 248 g/mol. The maximum atomic E-state index is 9.96. The van der Waals surface area contributed by atoms with Crippen molar-refractivity contribution in [2.24, 2.45) is 0 Å². The zero-order valence-electron chi connectivity index (χ0n) is 10.8. The van der Waals surface area contributed by atoms with Crippen molar-refractivity contribution < 1.29 is 5.11 Å². The maximum Gasteiger partial charge on any atom is 0.227 e. The molecule has 2 heterocycles. The van der Waals surface area contributed by atoms with Crippen LogP contribution in [0.5, 0.6) is 0 Å². The molecular formula is C13H20N4O. The lowest BCUT2D eigenvalue weighted by molar-refractivity contribution is 0.0349. The number of aryl methyl sites for hydroxylation is 1.